The van der Waals surface area contributed by atoms with E-state index in [-0.39, 0.29) is 42.3 Å². The van der Waals surface area contributed by atoms with Gasteiger partial charge in [-0.1, -0.05) is 35.3 Å². The average Bonchev–Trinajstić information content (AvgIpc) is 3.02. The maximum Gasteiger partial charge on any atom is 0.191 e. The van der Waals surface area contributed by atoms with Crippen LogP contribution in [0.3, 0.4) is 0 Å². The summed E-state index contributed by atoms with van der Waals surface area (Å²) in [7, 11) is 1.36. The van der Waals surface area contributed by atoms with Gasteiger partial charge in [-0.25, -0.2) is 19.7 Å². The van der Waals surface area contributed by atoms with Crippen LogP contribution in [0.15, 0.2) is 5.16 Å². The lowest BCUT2D eigenvalue weighted by atomic mass is 10.2. The van der Waals surface area contributed by atoms with E-state index in [1.807, 2.05) is 0 Å². The number of nitrogens with two attached hydrogens (primary N) is 1. The Morgan fingerprint density at radius 1 is 1.38 bits per heavy atom. The summed E-state index contributed by atoms with van der Waals surface area (Å²) in [6.45, 7) is 2.30. The van der Waals surface area contributed by atoms with Crippen molar-refractivity contribution >= 4 is 34.9 Å². The molecule has 1 aromatic heterocycles. The number of rotatable bonds is 11. The van der Waals surface area contributed by atoms with Crippen LogP contribution in [0.4, 0.5) is 11.5 Å². The molecule has 0 saturated heterocycles. The van der Waals surface area contributed by atoms with Gasteiger partial charge in [0.1, 0.15) is 11.8 Å². The molecular weight excluding hydrogens is 384 g/mol. The number of ether oxygens (including phenoxy) is 1. The van der Waals surface area contributed by atoms with Crippen LogP contribution in [0, 0.1) is 0 Å². The standard InChI is InChI=1S/C15H25ClN4O5S/c1-3-6-26-15-19-13(16)12(17)14(20-15)18-10-7-9(23-5-4-21)8-11(10)24-25-22-2/h9-11,21H,3-8,17H2,1-2H3,(H,18,19,20). The van der Waals surface area contributed by atoms with Gasteiger partial charge >= 0.3 is 0 Å². The monoisotopic (exact) mass is 408 g/mol. The van der Waals surface area contributed by atoms with Gasteiger partial charge in [0.05, 0.1) is 32.5 Å². The van der Waals surface area contributed by atoms with Gasteiger partial charge in [0.2, 0.25) is 0 Å². The first-order valence-electron chi connectivity index (χ1n) is 8.39. The predicted molar refractivity (Wildman–Crippen MR) is 98.9 cm³/mol. The zero-order valence-electron chi connectivity index (χ0n) is 14.8. The van der Waals surface area contributed by atoms with E-state index in [2.05, 4.69) is 32.1 Å². The molecule has 26 heavy (non-hydrogen) atoms. The number of aliphatic hydroxyl groups is 1. The highest BCUT2D eigenvalue weighted by molar-refractivity contribution is 7.99. The van der Waals surface area contributed by atoms with Crippen molar-refractivity contribution in [2.24, 2.45) is 0 Å². The first kappa shape index (κ1) is 21.4. The topological polar surface area (TPSA) is 121 Å². The molecular formula is C15H25ClN4O5S. The van der Waals surface area contributed by atoms with E-state index < -0.39 is 0 Å². The second kappa shape index (κ2) is 11.1. The summed E-state index contributed by atoms with van der Waals surface area (Å²) < 4.78 is 5.60. The summed E-state index contributed by atoms with van der Waals surface area (Å²) in [5, 5.41) is 17.6. The molecule has 1 saturated carbocycles. The molecule has 0 aliphatic heterocycles. The van der Waals surface area contributed by atoms with Crippen molar-refractivity contribution in [1.29, 1.82) is 0 Å². The molecule has 3 unspecified atom stereocenters. The Morgan fingerprint density at radius 3 is 2.88 bits per heavy atom. The number of nitrogens with one attached hydrogen (secondary N) is 1. The smallest absolute Gasteiger partial charge is 0.191 e. The van der Waals surface area contributed by atoms with Crippen LogP contribution < -0.4 is 11.1 Å². The van der Waals surface area contributed by atoms with Crippen molar-refractivity contribution in [3.63, 3.8) is 0 Å². The number of anilines is 2. The molecule has 0 bridgehead atoms. The lowest BCUT2D eigenvalue weighted by Gasteiger charge is -2.20. The fraction of sp³-hybridized carbons (Fsp3) is 0.733. The predicted octanol–water partition coefficient (Wildman–Crippen LogP) is 2.04. The minimum atomic E-state index is -0.349. The number of nitrogens with zero attached hydrogens (tertiary/aromatic N) is 2. The molecule has 1 aromatic rings. The SMILES string of the molecule is CCCSc1nc(Cl)c(N)c(NC2CC(OCCO)CC2OOOC)n1. The molecule has 1 aliphatic carbocycles. The quantitative estimate of drug-likeness (QED) is 0.165. The highest BCUT2D eigenvalue weighted by Gasteiger charge is 2.37. The second-order valence-corrected chi connectivity index (χ2v) is 7.14. The number of hydrogen-bond acceptors (Lipinski definition) is 10. The van der Waals surface area contributed by atoms with E-state index in [4.69, 9.17) is 32.1 Å². The number of aliphatic hydroxyl groups excluding tert-OH is 1. The Kier molecular flexibility index (Phi) is 9.12. The van der Waals surface area contributed by atoms with Gasteiger partial charge in [0.25, 0.3) is 0 Å². The second-order valence-electron chi connectivity index (χ2n) is 5.72. The summed E-state index contributed by atoms with van der Waals surface area (Å²) >= 11 is 7.65. The summed E-state index contributed by atoms with van der Waals surface area (Å²) in [5.74, 6) is 1.33. The minimum absolute atomic E-state index is 0.0405. The number of thioether (sulfide) groups is 1. The van der Waals surface area contributed by atoms with Crippen molar-refractivity contribution in [1.82, 2.24) is 9.97 Å². The molecule has 11 heteroatoms. The fourth-order valence-electron chi connectivity index (χ4n) is 2.62. The minimum Gasteiger partial charge on any atom is -0.394 e. The first-order valence-corrected chi connectivity index (χ1v) is 9.76. The van der Waals surface area contributed by atoms with Crippen molar-refractivity contribution in [3.8, 4) is 0 Å². The molecule has 2 rings (SSSR count). The van der Waals surface area contributed by atoms with Crippen molar-refractivity contribution in [2.45, 2.75) is 49.6 Å². The van der Waals surface area contributed by atoms with Crippen LogP contribution in [0.2, 0.25) is 5.15 Å². The van der Waals surface area contributed by atoms with Crippen LogP contribution in [-0.2, 0) is 19.6 Å². The van der Waals surface area contributed by atoms with Crippen LogP contribution in [0.5, 0.6) is 0 Å². The summed E-state index contributed by atoms with van der Waals surface area (Å²) in [5.41, 5.74) is 6.31. The highest BCUT2D eigenvalue weighted by Crippen LogP contribution is 2.32. The van der Waals surface area contributed by atoms with E-state index in [0.717, 1.165) is 12.2 Å². The number of halogens is 1. The van der Waals surface area contributed by atoms with Gasteiger partial charge in [-0.05, 0) is 12.8 Å². The lowest BCUT2D eigenvalue weighted by Crippen LogP contribution is -2.31. The van der Waals surface area contributed by atoms with Crippen molar-refractivity contribution in [3.05, 3.63) is 5.15 Å². The van der Waals surface area contributed by atoms with Gasteiger partial charge < -0.3 is 20.9 Å². The highest BCUT2D eigenvalue weighted by atomic mass is 35.5. The Hall–Kier alpha value is -0.880. The number of nitrogen functional groups attached to an aromatic ring is 1. The molecule has 0 radical (unpaired) electrons. The average molecular weight is 409 g/mol. The third-order valence-corrected chi connectivity index (χ3v) is 5.11. The molecule has 1 heterocycles. The normalized spacial score (nSPS) is 22.7. The lowest BCUT2D eigenvalue weighted by molar-refractivity contribution is -0.516. The van der Waals surface area contributed by atoms with E-state index in [1.54, 1.807) is 0 Å². The van der Waals surface area contributed by atoms with Crippen LogP contribution in [0.25, 0.3) is 0 Å². The fourth-order valence-corrected chi connectivity index (χ4v) is 3.54. The maximum absolute atomic E-state index is 8.94. The van der Waals surface area contributed by atoms with Crippen molar-refractivity contribution < 1.29 is 24.7 Å². The third-order valence-electron chi connectivity index (χ3n) is 3.77. The molecule has 3 atom stereocenters. The molecule has 0 spiro atoms. The van der Waals surface area contributed by atoms with E-state index in [9.17, 15) is 0 Å². The molecule has 0 amide bonds. The summed E-state index contributed by atoms with van der Waals surface area (Å²) in [6.07, 6.45) is 1.74. The zero-order valence-corrected chi connectivity index (χ0v) is 16.4. The van der Waals surface area contributed by atoms with Gasteiger partial charge in [-0.2, -0.15) is 0 Å². The maximum atomic E-state index is 8.94. The van der Waals surface area contributed by atoms with E-state index >= 15 is 0 Å². The Bertz CT molecular complexity index is 571. The van der Waals surface area contributed by atoms with Crippen LogP contribution in [-0.4, -0.2) is 59.4 Å². The van der Waals surface area contributed by atoms with Gasteiger partial charge in [0, 0.05) is 12.2 Å². The van der Waals surface area contributed by atoms with Crippen LogP contribution in [0.1, 0.15) is 26.2 Å². The Balaban J connectivity index is 2.11. The van der Waals surface area contributed by atoms with Gasteiger partial charge in [-0.15, -0.1) is 0 Å². The van der Waals surface area contributed by atoms with Gasteiger partial charge in [0.15, 0.2) is 16.1 Å². The molecule has 1 fully saturated rings. The molecule has 4 N–H and O–H groups in total. The van der Waals surface area contributed by atoms with Gasteiger partial charge in [-0.3, -0.25) is 0 Å². The number of hydrogen-bond donors (Lipinski definition) is 3. The van der Waals surface area contributed by atoms with Crippen molar-refractivity contribution in [2.75, 3.05) is 37.1 Å². The molecule has 0 aromatic carbocycles. The third kappa shape index (κ3) is 6.08. The molecule has 9 nitrogen and oxygen atoms in total. The molecule has 148 valence electrons. The van der Waals surface area contributed by atoms with E-state index in [1.165, 1.54) is 18.9 Å². The molecule has 1 aliphatic rings. The summed E-state index contributed by atoms with van der Waals surface area (Å²) in [6, 6.07) is -0.189. The Labute approximate surface area is 161 Å². The summed E-state index contributed by atoms with van der Waals surface area (Å²) in [4.78, 5) is 18.4. The Morgan fingerprint density at radius 2 is 2.19 bits per heavy atom. The largest absolute Gasteiger partial charge is 0.394 e. The van der Waals surface area contributed by atoms with E-state index in [0.29, 0.717) is 23.8 Å². The number of aromatic nitrogens is 2. The van der Waals surface area contributed by atoms with Crippen LogP contribution >= 0.6 is 23.4 Å². The first-order chi connectivity index (χ1) is 12.6. The zero-order chi connectivity index (χ0) is 18.9.